The van der Waals surface area contributed by atoms with Crippen LogP contribution in [0.15, 0.2) is 24.3 Å². The van der Waals surface area contributed by atoms with E-state index in [2.05, 4.69) is 6.58 Å². The van der Waals surface area contributed by atoms with E-state index in [4.69, 9.17) is 11.1 Å². The maximum atomic E-state index is 10.6. The van der Waals surface area contributed by atoms with Crippen LogP contribution in [-0.4, -0.2) is 12.1 Å². The van der Waals surface area contributed by atoms with E-state index >= 15 is 0 Å². The summed E-state index contributed by atoms with van der Waals surface area (Å²) in [5.74, 6) is -0.507. The average Bonchev–Trinajstić information content (AvgIpc) is 1.99. The first-order valence-electron chi connectivity index (χ1n) is 3.26. The summed E-state index contributed by atoms with van der Waals surface area (Å²) in [5, 5.41) is 6.83. The monoisotopic (exact) mass is 152 g/mol. The zero-order valence-electron chi connectivity index (χ0n) is 6.50. The van der Waals surface area contributed by atoms with Crippen molar-refractivity contribution in [1.29, 1.82) is 5.41 Å². The predicted octanol–water partition coefficient (Wildman–Crippen LogP) is 0.870. The van der Waals surface area contributed by atoms with Gasteiger partial charge in [0, 0.05) is 6.21 Å². The SMILES string of the molecule is C=CC(C)/C=C(\C=N)C(N)=O. The molecule has 60 valence electrons. The summed E-state index contributed by atoms with van der Waals surface area (Å²) in [6, 6.07) is 0. The molecule has 0 radical (unpaired) electrons. The topological polar surface area (TPSA) is 66.9 Å². The molecule has 0 rings (SSSR count). The van der Waals surface area contributed by atoms with Gasteiger partial charge in [0.05, 0.1) is 5.57 Å². The maximum Gasteiger partial charge on any atom is 0.249 e. The van der Waals surface area contributed by atoms with Gasteiger partial charge < -0.3 is 11.1 Å². The maximum absolute atomic E-state index is 10.6. The van der Waals surface area contributed by atoms with Crippen LogP contribution in [0.3, 0.4) is 0 Å². The molecule has 11 heavy (non-hydrogen) atoms. The molecule has 3 heteroatoms. The number of hydrogen-bond acceptors (Lipinski definition) is 2. The molecule has 0 saturated heterocycles. The van der Waals surface area contributed by atoms with Crippen molar-refractivity contribution in [1.82, 2.24) is 0 Å². The molecule has 0 saturated carbocycles. The molecule has 1 atom stereocenters. The molecule has 0 heterocycles. The molecule has 0 aromatic rings. The van der Waals surface area contributed by atoms with Crippen molar-refractivity contribution in [2.45, 2.75) is 6.92 Å². The molecule has 0 spiro atoms. The Morgan fingerprint density at radius 2 is 2.27 bits per heavy atom. The molecule has 1 amide bonds. The van der Waals surface area contributed by atoms with Gasteiger partial charge in [-0.25, -0.2) is 0 Å². The smallest absolute Gasteiger partial charge is 0.249 e. The van der Waals surface area contributed by atoms with E-state index in [1.807, 2.05) is 6.92 Å². The van der Waals surface area contributed by atoms with Gasteiger partial charge in [-0.05, 0) is 5.92 Å². The summed E-state index contributed by atoms with van der Waals surface area (Å²) in [7, 11) is 0. The third-order valence-corrected chi connectivity index (χ3v) is 1.25. The highest BCUT2D eigenvalue weighted by Gasteiger charge is 2.01. The van der Waals surface area contributed by atoms with Crippen molar-refractivity contribution in [2.24, 2.45) is 11.7 Å². The molecule has 0 aliphatic carbocycles. The van der Waals surface area contributed by atoms with Gasteiger partial charge >= 0.3 is 0 Å². The average molecular weight is 152 g/mol. The lowest BCUT2D eigenvalue weighted by molar-refractivity contribution is -0.114. The minimum Gasteiger partial charge on any atom is -0.366 e. The van der Waals surface area contributed by atoms with Crippen LogP contribution in [0.5, 0.6) is 0 Å². The first-order valence-corrected chi connectivity index (χ1v) is 3.26. The highest BCUT2D eigenvalue weighted by molar-refractivity contribution is 6.10. The number of nitrogens with two attached hydrogens (primary N) is 1. The minimum absolute atomic E-state index is 0.0686. The highest BCUT2D eigenvalue weighted by atomic mass is 16.1. The van der Waals surface area contributed by atoms with Gasteiger partial charge in [-0.15, -0.1) is 6.58 Å². The van der Waals surface area contributed by atoms with Gasteiger partial charge in [0.1, 0.15) is 0 Å². The number of hydrogen-bond donors (Lipinski definition) is 2. The van der Waals surface area contributed by atoms with Crippen LogP contribution in [0.1, 0.15) is 6.92 Å². The van der Waals surface area contributed by atoms with Gasteiger partial charge in [-0.2, -0.15) is 0 Å². The second-order valence-electron chi connectivity index (χ2n) is 2.23. The Bertz CT molecular complexity index is 206. The number of rotatable bonds is 4. The van der Waals surface area contributed by atoms with E-state index in [0.717, 1.165) is 6.21 Å². The lowest BCUT2D eigenvalue weighted by atomic mass is 10.1. The Morgan fingerprint density at radius 3 is 2.55 bits per heavy atom. The minimum atomic E-state index is -0.575. The quantitative estimate of drug-likeness (QED) is 0.350. The number of amides is 1. The molecular weight excluding hydrogens is 140 g/mol. The van der Waals surface area contributed by atoms with Crippen LogP contribution in [-0.2, 0) is 4.79 Å². The lowest BCUT2D eigenvalue weighted by Crippen LogP contribution is -2.15. The van der Waals surface area contributed by atoms with E-state index in [-0.39, 0.29) is 11.5 Å². The van der Waals surface area contributed by atoms with E-state index in [0.29, 0.717) is 0 Å². The van der Waals surface area contributed by atoms with Gasteiger partial charge in [-0.1, -0.05) is 19.1 Å². The van der Waals surface area contributed by atoms with Crippen molar-refractivity contribution in [3.05, 3.63) is 24.3 Å². The summed E-state index contributed by atoms with van der Waals surface area (Å²) in [6.07, 6.45) is 4.22. The lowest BCUT2D eigenvalue weighted by Gasteiger charge is -1.98. The van der Waals surface area contributed by atoms with Crippen molar-refractivity contribution in [3.8, 4) is 0 Å². The van der Waals surface area contributed by atoms with Crippen LogP contribution in [0, 0.1) is 11.3 Å². The summed E-state index contributed by atoms with van der Waals surface area (Å²) in [6.45, 7) is 5.40. The number of allylic oxidation sites excluding steroid dienone is 2. The van der Waals surface area contributed by atoms with Crippen molar-refractivity contribution in [3.63, 3.8) is 0 Å². The molecule has 0 aromatic heterocycles. The fraction of sp³-hybridized carbons (Fsp3) is 0.250. The molecule has 3 N–H and O–H groups in total. The summed E-state index contributed by atoms with van der Waals surface area (Å²) < 4.78 is 0. The number of carbonyl (C=O) groups is 1. The Balaban J connectivity index is 4.46. The van der Waals surface area contributed by atoms with Crippen LogP contribution < -0.4 is 5.73 Å². The van der Waals surface area contributed by atoms with Crippen molar-refractivity contribution >= 4 is 12.1 Å². The molecule has 1 unspecified atom stereocenters. The zero-order chi connectivity index (χ0) is 8.85. The second-order valence-corrected chi connectivity index (χ2v) is 2.23. The van der Waals surface area contributed by atoms with E-state index in [1.54, 1.807) is 12.2 Å². The molecule has 0 aliphatic heterocycles. The molecule has 0 bridgehead atoms. The number of primary amides is 1. The van der Waals surface area contributed by atoms with Crippen LogP contribution in [0.25, 0.3) is 0 Å². The Labute approximate surface area is 66.1 Å². The van der Waals surface area contributed by atoms with E-state index < -0.39 is 5.91 Å². The fourth-order valence-electron chi connectivity index (χ4n) is 0.553. The van der Waals surface area contributed by atoms with Gasteiger partial charge in [-0.3, -0.25) is 4.79 Å². The Morgan fingerprint density at radius 1 is 1.73 bits per heavy atom. The third kappa shape index (κ3) is 3.35. The molecule has 0 aromatic carbocycles. The van der Waals surface area contributed by atoms with Crippen molar-refractivity contribution in [2.75, 3.05) is 0 Å². The summed E-state index contributed by atoms with van der Waals surface area (Å²) in [5.41, 5.74) is 5.18. The number of carbonyl (C=O) groups excluding carboxylic acids is 1. The standard InChI is InChI=1S/C8H12N2O/c1-3-6(2)4-7(5-9)8(10)11/h3-6,9H,1H2,2H3,(H2,10,11)/b7-4+,9-5?. The molecule has 3 nitrogen and oxygen atoms in total. The third-order valence-electron chi connectivity index (χ3n) is 1.25. The first-order chi connectivity index (χ1) is 5.11. The summed E-state index contributed by atoms with van der Waals surface area (Å²) >= 11 is 0. The predicted molar refractivity (Wildman–Crippen MR) is 45.4 cm³/mol. The molecule has 0 fully saturated rings. The molecular formula is C8H12N2O. The Hall–Kier alpha value is -1.38. The van der Waals surface area contributed by atoms with E-state index in [9.17, 15) is 4.79 Å². The first kappa shape index (κ1) is 9.62. The normalized spacial score (nSPS) is 13.7. The highest BCUT2D eigenvalue weighted by Crippen LogP contribution is 2.01. The van der Waals surface area contributed by atoms with Crippen LogP contribution in [0.2, 0.25) is 0 Å². The zero-order valence-corrected chi connectivity index (χ0v) is 6.50. The van der Waals surface area contributed by atoms with Gasteiger partial charge in [0.2, 0.25) is 5.91 Å². The fourth-order valence-corrected chi connectivity index (χ4v) is 0.553. The van der Waals surface area contributed by atoms with Crippen molar-refractivity contribution < 1.29 is 4.79 Å². The Kier molecular flexibility index (Phi) is 3.88. The molecule has 0 aliphatic rings. The van der Waals surface area contributed by atoms with Gasteiger partial charge in [0.25, 0.3) is 0 Å². The summed E-state index contributed by atoms with van der Waals surface area (Å²) in [4.78, 5) is 10.6. The van der Waals surface area contributed by atoms with E-state index in [1.165, 1.54) is 0 Å². The second kappa shape index (κ2) is 4.44. The van der Waals surface area contributed by atoms with Gasteiger partial charge in [0.15, 0.2) is 0 Å². The number of nitrogens with one attached hydrogen (secondary N) is 1. The van der Waals surface area contributed by atoms with Crippen LogP contribution in [0.4, 0.5) is 0 Å². The van der Waals surface area contributed by atoms with Crippen LogP contribution >= 0.6 is 0 Å². The largest absolute Gasteiger partial charge is 0.366 e.